The van der Waals surface area contributed by atoms with Gasteiger partial charge in [0.2, 0.25) is 0 Å². The smallest absolute Gasteiger partial charge is 0.306 e. The average molecular weight is 700 g/mol. The molecule has 4 aromatic rings. The molecule has 9 nitrogen and oxygen atoms in total. The largest absolute Gasteiger partial charge is 0.466 e. The van der Waals surface area contributed by atoms with Gasteiger partial charge in [0.1, 0.15) is 27.1 Å². The summed E-state index contributed by atoms with van der Waals surface area (Å²) in [5.41, 5.74) is 5.01. The normalized spacial score (nSPS) is 17.1. The molecular weight excluding hydrogens is 645 g/mol. The highest BCUT2D eigenvalue weighted by atomic mass is 28.3. The van der Waals surface area contributed by atoms with E-state index in [-0.39, 0.29) is 11.9 Å². The van der Waals surface area contributed by atoms with E-state index in [0.717, 1.165) is 77.0 Å². The quantitative estimate of drug-likeness (QED) is 0.0518. The summed E-state index contributed by atoms with van der Waals surface area (Å²) in [5.74, 6) is 1.10. The SMILES string of the molecule is [B]c1c(C2CCC(CC(=O)OCC)CC2)nc2c(-c3cnc4ccccc4c3)cnn2c1N(COCC[Si](C)(C)C)COCC[Si](C)(C)C. The summed E-state index contributed by atoms with van der Waals surface area (Å²) in [5, 5.41) is 5.95. The second-order valence-corrected chi connectivity index (χ2v) is 27.1. The number of ether oxygens (including phenoxy) is 3. The number of carbonyl (C=O) groups excluding carboxylic acids is 1. The van der Waals surface area contributed by atoms with Crippen LogP contribution in [0.1, 0.15) is 50.6 Å². The third kappa shape index (κ3) is 10.0. The number of rotatable bonds is 16. The Morgan fingerprint density at radius 3 is 2.24 bits per heavy atom. The highest BCUT2D eigenvalue weighted by molar-refractivity contribution is 6.76. The van der Waals surface area contributed by atoms with Crippen molar-refractivity contribution in [2.24, 2.45) is 5.92 Å². The topological polar surface area (TPSA) is 91.1 Å². The molecule has 3 aromatic heterocycles. The molecule has 0 aliphatic heterocycles. The Bertz CT molecular complexity index is 1690. The summed E-state index contributed by atoms with van der Waals surface area (Å²) >= 11 is 0. The number of carbonyl (C=O) groups is 1. The van der Waals surface area contributed by atoms with E-state index in [1.165, 1.54) is 0 Å². The van der Waals surface area contributed by atoms with Crippen molar-refractivity contribution in [3.63, 3.8) is 0 Å². The van der Waals surface area contributed by atoms with Crippen molar-refractivity contribution in [2.75, 3.05) is 38.2 Å². The third-order valence-corrected chi connectivity index (χ3v) is 12.8. The lowest BCUT2D eigenvalue weighted by atomic mass is 9.76. The first kappa shape index (κ1) is 37.2. The van der Waals surface area contributed by atoms with Crippen LogP contribution in [0.3, 0.4) is 0 Å². The van der Waals surface area contributed by atoms with E-state index in [4.69, 9.17) is 37.1 Å². The van der Waals surface area contributed by atoms with Gasteiger partial charge in [-0.3, -0.25) is 9.78 Å². The molecule has 1 aliphatic rings. The van der Waals surface area contributed by atoms with Gasteiger partial charge >= 0.3 is 5.97 Å². The molecule has 49 heavy (non-hydrogen) atoms. The summed E-state index contributed by atoms with van der Waals surface area (Å²) in [6.45, 7) is 18.5. The zero-order valence-electron chi connectivity index (χ0n) is 30.6. The van der Waals surface area contributed by atoms with Gasteiger partial charge in [0.05, 0.1) is 18.3 Å². The number of fused-ring (bicyclic) bond motifs is 2. The van der Waals surface area contributed by atoms with Gasteiger partial charge in [0.25, 0.3) is 0 Å². The maximum absolute atomic E-state index is 12.2. The number of nitrogens with zero attached hydrogens (tertiary/aromatic N) is 5. The molecule has 0 spiro atoms. The third-order valence-electron chi connectivity index (χ3n) is 9.37. The summed E-state index contributed by atoms with van der Waals surface area (Å²) in [4.78, 5) is 24.4. The zero-order valence-corrected chi connectivity index (χ0v) is 32.6. The Morgan fingerprint density at radius 2 is 1.61 bits per heavy atom. The second kappa shape index (κ2) is 16.3. The van der Waals surface area contributed by atoms with Crippen LogP contribution in [0.2, 0.25) is 51.4 Å². The number of pyridine rings is 1. The number of hydrogen-bond donors (Lipinski definition) is 0. The van der Waals surface area contributed by atoms with Gasteiger partial charge in [-0.15, -0.1) is 0 Å². The molecule has 0 N–H and O–H groups in total. The molecule has 262 valence electrons. The van der Waals surface area contributed by atoms with E-state index in [9.17, 15) is 4.79 Å². The Labute approximate surface area is 295 Å². The van der Waals surface area contributed by atoms with Crippen molar-refractivity contribution in [1.82, 2.24) is 19.6 Å². The maximum Gasteiger partial charge on any atom is 0.306 e. The van der Waals surface area contributed by atoms with E-state index in [1.807, 2.05) is 42.0 Å². The molecule has 0 amide bonds. The van der Waals surface area contributed by atoms with Crippen LogP contribution in [-0.2, 0) is 19.0 Å². The van der Waals surface area contributed by atoms with E-state index in [2.05, 4.69) is 56.3 Å². The molecule has 12 heteroatoms. The summed E-state index contributed by atoms with van der Waals surface area (Å²) in [7, 11) is 4.60. The fourth-order valence-corrected chi connectivity index (χ4v) is 7.92. The number of aromatic nitrogens is 4. The monoisotopic (exact) mass is 699 g/mol. The van der Waals surface area contributed by atoms with Crippen LogP contribution in [-0.4, -0.2) is 82.8 Å². The van der Waals surface area contributed by atoms with Crippen molar-refractivity contribution in [1.29, 1.82) is 0 Å². The number of anilines is 1. The van der Waals surface area contributed by atoms with Crippen LogP contribution in [0.25, 0.3) is 27.7 Å². The molecule has 1 fully saturated rings. The van der Waals surface area contributed by atoms with Crippen molar-refractivity contribution < 1.29 is 19.0 Å². The molecule has 2 radical (unpaired) electrons. The minimum Gasteiger partial charge on any atom is -0.466 e. The highest BCUT2D eigenvalue weighted by Gasteiger charge is 2.30. The van der Waals surface area contributed by atoms with Crippen LogP contribution >= 0.6 is 0 Å². The summed E-state index contributed by atoms with van der Waals surface area (Å²) in [6.07, 6.45) is 7.88. The lowest BCUT2D eigenvalue weighted by molar-refractivity contribution is -0.144. The molecule has 0 unspecified atom stereocenters. The van der Waals surface area contributed by atoms with Gasteiger partial charge < -0.3 is 19.1 Å². The Hall–Kier alpha value is -3.06. The molecule has 5 rings (SSSR count). The molecule has 1 saturated carbocycles. The lowest BCUT2D eigenvalue weighted by Gasteiger charge is -2.32. The maximum atomic E-state index is 12.2. The van der Waals surface area contributed by atoms with Gasteiger partial charge in [-0.2, -0.15) is 9.61 Å². The zero-order chi connectivity index (χ0) is 35.2. The van der Waals surface area contributed by atoms with Crippen LogP contribution in [0.4, 0.5) is 5.82 Å². The van der Waals surface area contributed by atoms with Gasteiger partial charge in [0, 0.05) is 70.1 Å². The Balaban J connectivity index is 1.54. The van der Waals surface area contributed by atoms with E-state index < -0.39 is 16.1 Å². The second-order valence-electron chi connectivity index (χ2n) is 15.9. The summed E-state index contributed by atoms with van der Waals surface area (Å²) < 4.78 is 19.8. The van der Waals surface area contributed by atoms with E-state index in [0.29, 0.717) is 51.1 Å². The molecule has 0 atom stereocenters. The number of hydrogen-bond acceptors (Lipinski definition) is 8. The average Bonchev–Trinajstić information content (AvgIpc) is 3.47. The van der Waals surface area contributed by atoms with Gasteiger partial charge in [-0.25, -0.2) is 4.98 Å². The van der Waals surface area contributed by atoms with Crippen LogP contribution in [0.15, 0.2) is 42.7 Å². The predicted molar refractivity (Wildman–Crippen MR) is 205 cm³/mol. The Morgan fingerprint density at radius 1 is 0.959 bits per heavy atom. The number of benzene rings is 1. The van der Waals surface area contributed by atoms with E-state index in [1.54, 1.807) is 0 Å². The molecular formula is C37H54BN5O4Si2. The van der Waals surface area contributed by atoms with Crippen molar-refractivity contribution in [3.05, 3.63) is 48.4 Å². The predicted octanol–water partition coefficient (Wildman–Crippen LogP) is 7.40. The van der Waals surface area contributed by atoms with Gasteiger partial charge in [-0.05, 0) is 68.2 Å². The number of esters is 1. The highest BCUT2D eigenvalue weighted by Crippen LogP contribution is 2.38. The van der Waals surface area contributed by atoms with Crippen LogP contribution in [0.5, 0.6) is 0 Å². The first-order valence-electron chi connectivity index (χ1n) is 17.9. The van der Waals surface area contributed by atoms with Crippen LogP contribution < -0.4 is 10.4 Å². The van der Waals surface area contributed by atoms with E-state index >= 15 is 0 Å². The van der Waals surface area contributed by atoms with Gasteiger partial charge in [0.15, 0.2) is 5.65 Å². The van der Waals surface area contributed by atoms with Crippen molar-refractivity contribution in [3.8, 4) is 11.1 Å². The minimum absolute atomic E-state index is 0.112. The lowest BCUT2D eigenvalue weighted by Crippen LogP contribution is -2.38. The molecule has 1 aromatic carbocycles. The molecule has 3 heterocycles. The minimum atomic E-state index is -1.28. The first-order valence-corrected chi connectivity index (χ1v) is 25.3. The van der Waals surface area contributed by atoms with Crippen LogP contribution in [0, 0.1) is 5.92 Å². The molecule has 1 aliphatic carbocycles. The fraction of sp³-hybridized carbons (Fsp3) is 0.568. The van der Waals surface area contributed by atoms with Crippen molar-refractivity contribution >= 4 is 57.8 Å². The fourth-order valence-electron chi connectivity index (χ4n) is 6.41. The van der Waals surface area contributed by atoms with Gasteiger partial charge in [-0.1, -0.05) is 57.5 Å². The first-order chi connectivity index (χ1) is 23.3. The van der Waals surface area contributed by atoms with Crippen molar-refractivity contribution in [2.45, 2.75) is 96.3 Å². The standard InChI is InChI=1S/C37H54BN5O4Si2/c1-8-47-33(44)21-27-13-15-28(16-14-27)35-34(38)37(42(25-45-17-19-48(2,3)4)26-46-18-20-49(5,6)7)43-36(41-35)31(24-40-43)30-22-29-11-9-10-12-32(29)39-23-30/h9-12,22-24,27-28H,8,13-21,25-26H2,1-7H3. The number of para-hydroxylation sites is 1. The Kier molecular flexibility index (Phi) is 12.4. The molecule has 0 saturated heterocycles. The molecule has 0 bridgehead atoms. The summed E-state index contributed by atoms with van der Waals surface area (Å²) in [6, 6.07) is 12.4.